The van der Waals surface area contributed by atoms with Gasteiger partial charge in [0, 0.05) is 18.6 Å². The number of nitrogens with zero attached hydrogens (tertiary/aromatic N) is 1. The van der Waals surface area contributed by atoms with Crippen LogP contribution in [0, 0.1) is 20.8 Å². The van der Waals surface area contributed by atoms with Crippen molar-refractivity contribution in [2.75, 3.05) is 0 Å². The Morgan fingerprint density at radius 1 is 1.00 bits per heavy atom. The standard InChI is InChI=1S/C8H12N.C7H8O3S/c1-7-5-4-6-9(3)8(7)2;1-6-2-4-7(5-3-6)11(8,9)10/h4-6H,1-3H3;2-5H,1H3,(H,8,9,10)/q+1;/p-1. The zero-order chi connectivity index (χ0) is 15.3. The maximum Gasteiger partial charge on any atom is 0.180 e. The minimum absolute atomic E-state index is 0.178. The third-order valence-corrected chi connectivity index (χ3v) is 3.91. The van der Waals surface area contributed by atoms with Crippen LogP contribution in [-0.4, -0.2) is 13.0 Å². The van der Waals surface area contributed by atoms with Crippen molar-refractivity contribution in [2.45, 2.75) is 25.7 Å². The number of pyridine rings is 1. The molecule has 1 aromatic carbocycles. The van der Waals surface area contributed by atoms with Crippen LogP contribution in [0.1, 0.15) is 16.8 Å². The summed E-state index contributed by atoms with van der Waals surface area (Å²) in [6.07, 6.45) is 2.06. The highest BCUT2D eigenvalue weighted by Gasteiger charge is 2.00. The molecular weight excluding hydrogens is 274 g/mol. The maximum absolute atomic E-state index is 10.4. The van der Waals surface area contributed by atoms with Crippen molar-refractivity contribution in [3.8, 4) is 0 Å². The molecule has 0 saturated heterocycles. The highest BCUT2D eigenvalue weighted by molar-refractivity contribution is 7.85. The van der Waals surface area contributed by atoms with Crippen LogP contribution in [0.4, 0.5) is 0 Å². The van der Waals surface area contributed by atoms with Crippen LogP contribution in [0.3, 0.4) is 0 Å². The molecule has 4 nitrogen and oxygen atoms in total. The molecule has 20 heavy (non-hydrogen) atoms. The van der Waals surface area contributed by atoms with E-state index in [0.29, 0.717) is 0 Å². The summed E-state index contributed by atoms with van der Waals surface area (Å²) in [6, 6.07) is 9.96. The fourth-order valence-corrected chi connectivity index (χ4v) is 2.00. The van der Waals surface area contributed by atoms with Crippen LogP contribution in [0.25, 0.3) is 0 Å². The summed E-state index contributed by atoms with van der Waals surface area (Å²) in [5, 5.41) is 0. The van der Waals surface area contributed by atoms with Crippen LogP contribution >= 0.6 is 0 Å². The zero-order valence-corrected chi connectivity index (χ0v) is 12.9. The lowest BCUT2D eigenvalue weighted by Gasteiger charge is -2.05. The summed E-state index contributed by atoms with van der Waals surface area (Å²) in [5.74, 6) is 0. The number of aryl methyl sites for hydroxylation is 3. The van der Waals surface area contributed by atoms with Crippen LogP contribution in [0.5, 0.6) is 0 Å². The minimum Gasteiger partial charge on any atom is -0.744 e. The van der Waals surface area contributed by atoms with Crippen molar-refractivity contribution in [3.05, 3.63) is 59.4 Å². The van der Waals surface area contributed by atoms with Crippen molar-refractivity contribution in [3.63, 3.8) is 0 Å². The number of benzene rings is 1. The summed E-state index contributed by atoms with van der Waals surface area (Å²) < 4.78 is 33.3. The molecule has 2 aromatic rings. The Morgan fingerprint density at radius 2 is 1.55 bits per heavy atom. The minimum atomic E-state index is -4.27. The van der Waals surface area contributed by atoms with Crippen molar-refractivity contribution in [2.24, 2.45) is 7.05 Å². The van der Waals surface area contributed by atoms with Gasteiger partial charge < -0.3 is 4.55 Å². The fraction of sp³-hybridized carbons (Fsp3) is 0.267. The third-order valence-electron chi connectivity index (χ3n) is 3.07. The average molecular weight is 293 g/mol. The van der Waals surface area contributed by atoms with Gasteiger partial charge in [0.2, 0.25) is 0 Å². The van der Waals surface area contributed by atoms with Gasteiger partial charge in [0.1, 0.15) is 17.2 Å². The Balaban J connectivity index is 0.000000204. The summed E-state index contributed by atoms with van der Waals surface area (Å²) in [5.41, 5.74) is 3.61. The van der Waals surface area contributed by atoms with Crippen molar-refractivity contribution in [1.29, 1.82) is 0 Å². The van der Waals surface area contributed by atoms with Gasteiger partial charge in [-0.25, -0.2) is 13.0 Å². The maximum atomic E-state index is 10.4. The first-order chi connectivity index (χ1) is 9.21. The number of aromatic nitrogens is 1. The summed E-state index contributed by atoms with van der Waals surface area (Å²) >= 11 is 0. The molecule has 0 bridgehead atoms. The second-order valence-corrected chi connectivity index (χ2v) is 6.03. The Labute approximate surface area is 120 Å². The Kier molecular flexibility index (Phi) is 5.42. The van der Waals surface area contributed by atoms with E-state index in [4.69, 9.17) is 0 Å². The highest BCUT2D eigenvalue weighted by Crippen LogP contribution is 2.08. The first kappa shape index (κ1) is 16.3. The second-order valence-electron chi connectivity index (χ2n) is 4.65. The molecule has 2 rings (SSSR count). The van der Waals surface area contributed by atoms with Gasteiger partial charge >= 0.3 is 0 Å². The topological polar surface area (TPSA) is 61.1 Å². The lowest BCUT2D eigenvalue weighted by Crippen LogP contribution is -2.31. The largest absolute Gasteiger partial charge is 0.744 e. The van der Waals surface area contributed by atoms with Gasteiger partial charge in [0.15, 0.2) is 11.9 Å². The molecule has 5 heteroatoms. The second kappa shape index (κ2) is 6.63. The Bertz CT molecular complexity index is 657. The van der Waals surface area contributed by atoms with Crippen molar-refractivity contribution < 1.29 is 17.5 Å². The van der Waals surface area contributed by atoms with E-state index in [2.05, 4.69) is 43.8 Å². The van der Waals surface area contributed by atoms with E-state index in [-0.39, 0.29) is 4.90 Å². The van der Waals surface area contributed by atoms with Gasteiger partial charge in [-0.2, -0.15) is 0 Å². The van der Waals surface area contributed by atoms with Crippen molar-refractivity contribution in [1.82, 2.24) is 0 Å². The molecule has 1 aromatic heterocycles. The molecule has 0 atom stereocenters. The molecule has 1 heterocycles. The number of rotatable bonds is 1. The molecule has 108 valence electrons. The van der Waals surface area contributed by atoms with E-state index in [9.17, 15) is 13.0 Å². The molecule has 0 aliphatic heterocycles. The van der Waals surface area contributed by atoms with E-state index >= 15 is 0 Å². The smallest absolute Gasteiger partial charge is 0.180 e. The van der Waals surface area contributed by atoms with E-state index < -0.39 is 10.1 Å². The first-order valence-corrected chi connectivity index (χ1v) is 7.57. The Morgan fingerprint density at radius 3 is 1.95 bits per heavy atom. The summed E-state index contributed by atoms with van der Waals surface area (Å²) in [4.78, 5) is -0.178. The van der Waals surface area contributed by atoms with E-state index in [1.807, 2.05) is 6.92 Å². The van der Waals surface area contributed by atoms with Crippen molar-refractivity contribution >= 4 is 10.1 Å². The van der Waals surface area contributed by atoms with Gasteiger partial charge in [0.05, 0.1) is 4.90 Å². The lowest BCUT2D eigenvalue weighted by atomic mass is 10.2. The zero-order valence-electron chi connectivity index (χ0n) is 12.1. The Hall–Kier alpha value is -1.72. The average Bonchev–Trinajstić information content (AvgIpc) is 2.36. The normalized spacial score (nSPS) is 10.7. The van der Waals surface area contributed by atoms with E-state index in [1.165, 1.54) is 23.4 Å². The molecule has 0 saturated carbocycles. The first-order valence-electron chi connectivity index (χ1n) is 6.16. The predicted octanol–water partition coefficient (Wildman–Crippen LogP) is 2.03. The van der Waals surface area contributed by atoms with Crippen LogP contribution in [0.2, 0.25) is 0 Å². The summed E-state index contributed by atoms with van der Waals surface area (Å²) in [7, 11) is -2.21. The molecule has 0 fully saturated rings. The molecular formula is C15H19NO3S. The molecule has 0 aliphatic rings. The molecule has 0 aliphatic carbocycles. The van der Waals surface area contributed by atoms with Crippen LogP contribution in [0.15, 0.2) is 47.5 Å². The van der Waals surface area contributed by atoms with Gasteiger partial charge in [-0.05, 0) is 32.0 Å². The molecule has 0 amide bonds. The lowest BCUT2D eigenvalue weighted by molar-refractivity contribution is -0.678. The van der Waals surface area contributed by atoms with Gasteiger partial charge in [-0.1, -0.05) is 17.7 Å². The molecule has 0 N–H and O–H groups in total. The SMILES string of the molecule is Cc1ccc(S(=O)(=O)[O-])cc1.Cc1ccc[n+](C)c1C. The monoisotopic (exact) mass is 293 g/mol. The van der Waals surface area contributed by atoms with Gasteiger partial charge in [-0.3, -0.25) is 0 Å². The fourth-order valence-electron chi connectivity index (χ4n) is 1.53. The van der Waals surface area contributed by atoms with Gasteiger partial charge in [-0.15, -0.1) is 0 Å². The van der Waals surface area contributed by atoms with E-state index in [1.54, 1.807) is 12.1 Å². The molecule has 0 spiro atoms. The summed E-state index contributed by atoms with van der Waals surface area (Å²) in [6.45, 7) is 6.06. The van der Waals surface area contributed by atoms with Gasteiger partial charge in [0.25, 0.3) is 0 Å². The quantitative estimate of drug-likeness (QED) is 0.597. The molecule has 0 radical (unpaired) electrons. The molecule has 0 unspecified atom stereocenters. The number of hydrogen-bond acceptors (Lipinski definition) is 3. The predicted molar refractivity (Wildman–Crippen MR) is 76.2 cm³/mol. The van der Waals surface area contributed by atoms with Crippen LogP contribution in [-0.2, 0) is 17.2 Å². The number of hydrogen-bond donors (Lipinski definition) is 0. The highest BCUT2D eigenvalue weighted by atomic mass is 32.2. The van der Waals surface area contributed by atoms with Crippen LogP contribution < -0.4 is 4.57 Å². The van der Waals surface area contributed by atoms with E-state index in [0.717, 1.165) is 5.56 Å². The third kappa shape index (κ3) is 4.75.